The van der Waals surface area contributed by atoms with Crippen molar-refractivity contribution in [3.05, 3.63) is 0 Å². The van der Waals surface area contributed by atoms with Crippen LogP contribution < -0.4 is 11.1 Å². The quantitative estimate of drug-likeness (QED) is 0.701. The molecule has 0 aromatic carbocycles. The molecule has 0 saturated carbocycles. The lowest BCUT2D eigenvalue weighted by atomic mass is 9.85. The van der Waals surface area contributed by atoms with Gasteiger partial charge in [0.15, 0.2) is 0 Å². The van der Waals surface area contributed by atoms with Crippen LogP contribution in [-0.4, -0.2) is 18.5 Å². The second-order valence-electron chi connectivity index (χ2n) is 5.29. The van der Waals surface area contributed by atoms with Crippen molar-refractivity contribution in [2.24, 2.45) is 23.5 Å². The van der Waals surface area contributed by atoms with Crippen molar-refractivity contribution < 1.29 is 4.79 Å². The lowest BCUT2D eigenvalue weighted by Crippen LogP contribution is -2.43. The highest BCUT2D eigenvalue weighted by Gasteiger charge is 2.19. The first-order valence-electron chi connectivity index (χ1n) is 6.43. The summed E-state index contributed by atoms with van der Waals surface area (Å²) in [5, 5.41) is 2.97. The van der Waals surface area contributed by atoms with Gasteiger partial charge in [0.1, 0.15) is 0 Å². The summed E-state index contributed by atoms with van der Waals surface area (Å²) >= 11 is 0. The molecule has 0 bridgehead atoms. The molecule has 0 spiro atoms. The van der Waals surface area contributed by atoms with Crippen molar-refractivity contribution in [2.45, 2.75) is 53.5 Å². The fourth-order valence-corrected chi connectivity index (χ4v) is 2.03. The molecule has 0 aliphatic carbocycles. The Morgan fingerprint density at radius 1 is 1.19 bits per heavy atom. The first kappa shape index (κ1) is 15.4. The van der Waals surface area contributed by atoms with Crippen molar-refractivity contribution in [1.82, 2.24) is 5.32 Å². The Morgan fingerprint density at radius 2 is 1.69 bits per heavy atom. The van der Waals surface area contributed by atoms with Crippen LogP contribution in [0.3, 0.4) is 0 Å². The smallest absolute Gasteiger partial charge is 0.236 e. The van der Waals surface area contributed by atoms with Crippen molar-refractivity contribution in [2.75, 3.05) is 6.54 Å². The van der Waals surface area contributed by atoms with Crippen LogP contribution in [-0.2, 0) is 4.79 Å². The van der Waals surface area contributed by atoms with Gasteiger partial charge in [0.25, 0.3) is 0 Å². The average molecular weight is 228 g/mol. The molecular formula is C13H28N2O. The average Bonchev–Trinajstić information content (AvgIpc) is 2.16. The number of rotatable bonds is 7. The number of carbonyl (C=O) groups is 1. The molecule has 0 aliphatic rings. The molecular weight excluding hydrogens is 200 g/mol. The number of hydrogen-bond acceptors (Lipinski definition) is 2. The van der Waals surface area contributed by atoms with Crippen molar-refractivity contribution in [3.8, 4) is 0 Å². The number of hydrogen-bond donors (Lipinski definition) is 2. The van der Waals surface area contributed by atoms with Gasteiger partial charge in [-0.15, -0.1) is 0 Å². The maximum atomic E-state index is 11.6. The molecule has 16 heavy (non-hydrogen) atoms. The molecule has 0 rings (SSSR count). The lowest BCUT2D eigenvalue weighted by molar-refractivity contribution is -0.122. The summed E-state index contributed by atoms with van der Waals surface area (Å²) in [5.41, 5.74) is 5.75. The maximum absolute atomic E-state index is 11.6. The molecule has 1 atom stereocenters. The van der Waals surface area contributed by atoms with E-state index in [2.05, 4.69) is 33.0 Å². The molecule has 3 N–H and O–H groups in total. The van der Waals surface area contributed by atoms with E-state index in [4.69, 9.17) is 5.73 Å². The third kappa shape index (κ3) is 5.50. The Bertz CT molecular complexity index is 194. The third-order valence-electron chi connectivity index (χ3n) is 3.16. The molecule has 0 fully saturated rings. The topological polar surface area (TPSA) is 55.1 Å². The van der Waals surface area contributed by atoms with Gasteiger partial charge in [-0.2, -0.15) is 0 Å². The first-order valence-corrected chi connectivity index (χ1v) is 6.43. The zero-order valence-corrected chi connectivity index (χ0v) is 11.4. The van der Waals surface area contributed by atoms with E-state index in [9.17, 15) is 4.79 Å². The van der Waals surface area contributed by atoms with E-state index >= 15 is 0 Å². The van der Waals surface area contributed by atoms with Crippen molar-refractivity contribution in [3.63, 3.8) is 0 Å². The second-order valence-corrected chi connectivity index (χ2v) is 5.29. The van der Waals surface area contributed by atoms with E-state index in [0.717, 1.165) is 19.4 Å². The summed E-state index contributed by atoms with van der Waals surface area (Å²) in [7, 11) is 0. The molecule has 3 heteroatoms. The highest BCUT2D eigenvalue weighted by molar-refractivity contribution is 5.81. The van der Waals surface area contributed by atoms with Gasteiger partial charge in [-0.3, -0.25) is 4.79 Å². The van der Waals surface area contributed by atoms with Gasteiger partial charge in [0.05, 0.1) is 6.04 Å². The van der Waals surface area contributed by atoms with Gasteiger partial charge in [-0.25, -0.2) is 0 Å². The number of nitrogens with one attached hydrogen (secondary N) is 1. The van der Waals surface area contributed by atoms with Gasteiger partial charge < -0.3 is 11.1 Å². The Labute approximate surface area is 100 Å². The third-order valence-corrected chi connectivity index (χ3v) is 3.16. The van der Waals surface area contributed by atoms with E-state index in [1.165, 1.54) is 0 Å². The summed E-state index contributed by atoms with van der Waals surface area (Å²) < 4.78 is 0. The normalized spacial score (nSPS) is 13.6. The molecule has 0 saturated heterocycles. The summed E-state index contributed by atoms with van der Waals surface area (Å²) in [5.74, 6) is 1.69. The summed E-state index contributed by atoms with van der Waals surface area (Å²) in [6, 6.07) is -0.343. The van der Waals surface area contributed by atoms with Crippen molar-refractivity contribution >= 4 is 5.91 Å². The van der Waals surface area contributed by atoms with E-state index in [1.54, 1.807) is 0 Å². The molecule has 1 amide bonds. The Balaban J connectivity index is 4.06. The van der Waals surface area contributed by atoms with E-state index < -0.39 is 0 Å². The Kier molecular flexibility index (Phi) is 7.39. The SMILES string of the molecule is CCC[C@@H](N)C(=O)NCC(C(C)C)C(C)C. The van der Waals surface area contributed by atoms with E-state index in [0.29, 0.717) is 17.8 Å². The van der Waals surface area contributed by atoms with Gasteiger partial charge in [-0.05, 0) is 24.2 Å². The maximum Gasteiger partial charge on any atom is 0.236 e. The molecule has 0 unspecified atom stereocenters. The summed E-state index contributed by atoms with van der Waals surface area (Å²) in [6.07, 6.45) is 1.71. The second kappa shape index (κ2) is 7.66. The van der Waals surface area contributed by atoms with Gasteiger partial charge in [0, 0.05) is 6.54 Å². The highest BCUT2D eigenvalue weighted by Crippen LogP contribution is 2.19. The monoisotopic (exact) mass is 228 g/mol. The highest BCUT2D eigenvalue weighted by atomic mass is 16.2. The zero-order chi connectivity index (χ0) is 12.7. The predicted octanol–water partition coefficient (Wildman–Crippen LogP) is 2.16. The minimum absolute atomic E-state index is 0.00634. The van der Waals surface area contributed by atoms with Crippen LogP contribution >= 0.6 is 0 Å². The van der Waals surface area contributed by atoms with E-state index in [1.807, 2.05) is 6.92 Å². The number of carbonyl (C=O) groups excluding carboxylic acids is 1. The van der Waals surface area contributed by atoms with Crippen LogP contribution in [0.25, 0.3) is 0 Å². The van der Waals surface area contributed by atoms with Crippen LogP contribution in [0.1, 0.15) is 47.5 Å². The Hall–Kier alpha value is -0.570. The fraction of sp³-hybridized carbons (Fsp3) is 0.923. The first-order chi connectivity index (χ1) is 7.40. The van der Waals surface area contributed by atoms with E-state index in [-0.39, 0.29) is 11.9 Å². The number of amides is 1. The molecule has 3 nitrogen and oxygen atoms in total. The van der Waals surface area contributed by atoms with Crippen LogP contribution in [0.15, 0.2) is 0 Å². The molecule has 0 aromatic rings. The molecule has 0 aromatic heterocycles. The van der Waals surface area contributed by atoms with Crippen LogP contribution in [0.2, 0.25) is 0 Å². The van der Waals surface area contributed by atoms with Gasteiger partial charge in [-0.1, -0.05) is 41.0 Å². The molecule has 0 heterocycles. The standard InChI is InChI=1S/C13H28N2O/c1-6-7-12(14)13(16)15-8-11(9(2)3)10(4)5/h9-12H,6-8,14H2,1-5H3,(H,15,16)/t12-/m1/s1. The zero-order valence-electron chi connectivity index (χ0n) is 11.4. The number of nitrogens with two attached hydrogens (primary N) is 1. The van der Waals surface area contributed by atoms with Crippen LogP contribution in [0.4, 0.5) is 0 Å². The van der Waals surface area contributed by atoms with Gasteiger partial charge >= 0.3 is 0 Å². The Morgan fingerprint density at radius 3 is 2.06 bits per heavy atom. The summed E-state index contributed by atoms with van der Waals surface area (Å²) in [4.78, 5) is 11.6. The largest absolute Gasteiger partial charge is 0.354 e. The van der Waals surface area contributed by atoms with Crippen LogP contribution in [0.5, 0.6) is 0 Å². The minimum Gasteiger partial charge on any atom is -0.354 e. The van der Waals surface area contributed by atoms with Crippen LogP contribution in [0, 0.1) is 17.8 Å². The molecule has 0 aliphatic heterocycles. The lowest BCUT2D eigenvalue weighted by Gasteiger charge is -2.25. The fourth-order valence-electron chi connectivity index (χ4n) is 2.03. The predicted molar refractivity (Wildman–Crippen MR) is 69.1 cm³/mol. The summed E-state index contributed by atoms with van der Waals surface area (Å²) in [6.45, 7) is 11.6. The molecule has 0 radical (unpaired) electrons. The minimum atomic E-state index is -0.343. The van der Waals surface area contributed by atoms with Crippen molar-refractivity contribution in [1.29, 1.82) is 0 Å². The molecule has 96 valence electrons. The van der Waals surface area contributed by atoms with Gasteiger partial charge in [0.2, 0.25) is 5.91 Å².